The highest BCUT2D eigenvalue weighted by Crippen LogP contribution is 2.37. The molecule has 2 amide bonds. The Labute approximate surface area is 233 Å². The van der Waals surface area contributed by atoms with Crippen LogP contribution in [0.5, 0.6) is 5.75 Å². The van der Waals surface area contributed by atoms with Crippen LogP contribution >= 0.6 is 11.3 Å². The van der Waals surface area contributed by atoms with Crippen molar-refractivity contribution in [3.8, 4) is 5.75 Å². The van der Waals surface area contributed by atoms with Crippen LogP contribution in [0, 0.1) is 5.92 Å². The van der Waals surface area contributed by atoms with Gasteiger partial charge in [-0.1, -0.05) is 6.07 Å². The summed E-state index contributed by atoms with van der Waals surface area (Å²) in [7, 11) is 0. The number of carbonyl (C=O) groups excluding carboxylic acids is 2. The highest BCUT2D eigenvalue weighted by atomic mass is 32.1. The average Bonchev–Trinajstić information content (AvgIpc) is 3.66. The summed E-state index contributed by atoms with van der Waals surface area (Å²) in [4.78, 5) is 31.4. The minimum absolute atomic E-state index is 0.0539. The molecule has 5 aliphatic heterocycles. The van der Waals surface area contributed by atoms with Crippen LogP contribution in [0.1, 0.15) is 47.3 Å². The molecule has 5 fully saturated rings. The van der Waals surface area contributed by atoms with Gasteiger partial charge in [0, 0.05) is 17.0 Å². The van der Waals surface area contributed by atoms with Crippen LogP contribution in [-0.4, -0.2) is 86.7 Å². The number of nitrogens with zero attached hydrogens (tertiary/aromatic N) is 2. The van der Waals surface area contributed by atoms with Crippen molar-refractivity contribution in [2.45, 2.75) is 50.0 Å². The van der Waals surface area contributed by atoms with E-state index < -0.39 is 5.54 Å². The van der Waals surface area contributed by atoms with Crippen molar-refractivity contribution in [1.82, 2.24) is 15.1 Å². The van der Waals surface area contributed by atoms with Crippen LogP contribution in [0.2, 0.25) is 0 Å². The van der Waals surface area contributed by atoms with Gasteiger partial charge in [-0.2, -0.15) is 0 Å². The number of hydrogen-bond acceptors (Lipinski definition) is 8. The van der Waals surface area contributed by atoms with Gasteiger partial charge in [0.2, 0.25) is 0 Å². The van der Waals surface area contributed by atoms with E-state index >= 15 is 0 Å². The van der Waals surface area contributed by atoms with Crippen LogP contribution in [-0.2, 0) is 19.7 Å². The van der Waals surface area contributed by atoms with Crippen molar-refractivity contribution in [3.63, 3.8) is 0 Å². The molecule has 5 saturated heterocycles. The summed E-state index contributed by atoms with van der Waals surface area (Å²) < 4.78 is 22.7. The Morgan fingerprint density at radius 2 is 1.82 bits per heavy atom. The number of thiophene rings is 1. The van der Waals surface area contributed by atoms with E-state index in [1.807, 2.05) is 29.6 Å². The summed E-state index contributed by atoms with van der Waals surface area (Å²) in [5.74, 6) is 1.14. The number of fused-ring (bicyclic) bond motifs is 3. The zero-order chi connectivity index (χ0) is 26.7. The molecule has 1 aromatic heterocycles. The molecular weight excluding hydrogens is 518 g/mol. The van der Waals surface area contributed by atoms with E-state index in [4.69, 9.17) is 18.9 Å². The minimum atomic E-state index is -0.619. The maximum Gasteiger partial charge on any atom is 0.408 e. The molecular formula is C29H37N3O6S. The zero-order valence-corrected chi connectivity index (χ0v) is 23.0. The van der Waals surface area contributed by atoms with Gasteiger partial charge in [-0.25, -0.2) is 4.79 Å². The van der Waals surface area contributed by atoms with Crippen molar-refractivity contribution in [1.29, 1.82) is 0 Å². The van der Waals surface area contributed by atoms with Crippen LogP contribution in [0.3, 0.4) is 0 Å². The maximum absolute atomic E-state index is 13.2. The van der Waals surface area contributed by atoms with Gasteiger partial charge < -0.3 is 29.2 Å². The smallest absolute Gasteiger partial charge is 0.408 e. The van der Waals surface area contributed by atoms with Gasteiger partial charge in [0.1, 0.15) is 17.4 Å². The Balaban J connectivity index is 0.993. The second kappa shape index (κ2) is 11.8. The second-order valence-electron chi connectivity index (χ2n) is 11.0. The molecule has 5 aliphatic rings. The van der Waals surface area contributed by atoms with Crippen LogP contribution in [0.25, 0.3) is 0 Å². The quantitative estimate of drug-likeness (QED) is 0.446. The van der Waals surface area contributed by atoms with Crippen molar-refractivity contribution in [3.05, 3.63) is 52.2 Å². The number of benzene rings is 1. The van der Waals surface area contributed by atoms with E-state index in [1.54, 1.807) is 28.4 Å². The first-order valence-electron chi connectivity index (χ1n) is 14.1. The summed E-state index contributed by atoms with van der Waals surface area (Å²) in [6, 6.07) is 11.3. The van der Waals surface area contributed by atoms with E-state index in [0.717, 1.165) is 62.4 Å². The zero-order valence-electron chi connectivity index (χ0n) is 22.2. The number of unbranched alkanes of at least 4 members (excludes halogenated alkanes) is 1. The molecule has 210 valence electrons. The molecule has 10 heteroatoms. The number of amides is 2. The van der Waals surface area contributed by atoms with Gasteiger partial charge in [-0.05, 0) is 86.8 Å². The number of rotatable bonds is 10. The molecule has 1 N–H and O–H groups in total. The monoisotopic (exact) mass is 555 g/mol. The SMILES string of the molecule is O=C(NC1(c2cccs2)CN(C(=O)c2ccc(OCCCCC3OCCO3)cc2)C1)O[C@H]1CN2CCC1CC2. The first-order chi connectivity index (χ1) is 19.1. The lowest BCUT2D eigenvalue weighted by Gasteiger charge is -2.50. The first-order valence-corrected chi connectivity index (χ1v) is 15.0. The number of likely N-dealkylation sites (tertiary alicyclic amines) is 1. The van der Waals surface area contributed by atoms with E-state index in [0.29, 0.717) is 44.4 Å². The second-order valence-corrected chi connectivity index (χ2v) is 11.9. The Kier molecular flexibility index (Phi) is 8.06. The summed E-state index contributed by atoms with van der Waals surface area (Å²) in [5, 5.41) is 5.13. The standard InChI is InChI=1S/C29H37N3O6S/c33-27(22-6-8-23(9-7-22)35-14-2-1-5-26-36-15-16-37-26)32-19-29(20-32,25-4-3-17-39-25)30-28(34)38-24-18-31-12-10-21(24)11-13-31/h3-4,6-9,17,21,24,26H,1-2,5,10-16,18-20H2,(H,30,34)/t24-/m0/s1. The Morgan fingerprint density at radius 1 is 1.05 bits per heavy atom. The van der Waals surface area contributed by atoms with Crippen molar-refractivity contribution in [2.24, 2.45) is 5.92 Å². The highest BCUT2D eigenvalue weighted by Gasteiger charge is 2.49. The summed E-state index contributed by atoms with van der Waals surface area (Å²) >= 11 is 1.59. The summed E-state index contributed by atoms with van der Waals surface area (Å²) in [5.41, 5.74) is -0.0144. The topological polar surface area (TPSA) is 89.6 Å². The molecule has 0 radical (unpaired) electrons. The van der Waals surface area contributed by atoms with Crippen LogP contribution in [0.4, 0.5) is 4.79 Å². The Morgan fingerprint density at radius 3 is 2.49 bits per heavy atom. The molecule has 0 unspecified atom stereocenters. The van der Waals surface area contributed by atoms with Gasteiger partial charge in [0.15, 0.2) is 6.29 Å². The average molecular weight is 556 g/mol. The number of ether oxygens (including phenoxy) is 4. The fourth-order valence-electron chi connectivity index (χ4n) is 6.06. The molecule has 0 saturated carbocycles. The molecule has 6 heterocycles. The minimum Gasteiger partial charge on any atom is -0.494 e. The molecule has 1 atom stereocenters. The van der Waals surface area contributed by atoms with Gasteiger partial charge in [-0.3, -0.25) is 9.69 Å². The third-order valence-corrected chi connectivity index (χ3v) is 9.37. The highest BCUT2D eigenvalue weighted by molar-refractivity contribution is 7.10. The number of piperidine rings is 3. The third-order valence-electron chi connectivity index (χ3n) is 8.29. The lowest BCUT2D eigenvalue weighted by molar-refractivity contribution is -0.0483. The van der Waals surface area contributed by atoms with E-state index in [-0.39, 0.29) is 24.4 Å². The van der Waals surface area contributed by atoms with Gasteiger partial charge in [0.05, 0.1) is 32.9 Å². The third kappa shape index (κ3) is 6.09. The van der Waals surface area contributed by atoms with Gasteiger partial charge >= 0.3 is 6.09 Å². The predicted octanol–water partition coefficient (Wildman–Crippen LogP) is 3.84. The van der Waals surface area contributed by atoms with E-state index in [2.05, 4.69) is 10.2 Å². The van der Waals surface area contributed by atoms with Gasteiger partial charge in [-0.15, -0.1) is 11.3 Å². The Hall–Kier alpha value is -2.66. The number of hydrogen-bond donors (Lipinski definition) is 1. The normalized spacial score (nSPS) is 25.7. The lowest BCUT2D eigenvalue weighted by atomic mass is 9.86. The molecule has 39 heavy (non-hydrogen) atoms. The largest absolute Gasteiger partial charge is 0.494 e. The molecule has 0 aliphatic carbocycles. The number of carbonyl (C=O) groups is 2. The predicted molar refractivity (Wildman–Crippen MR) is 146 cm³/mol. The summed E-state index contributed by atoms with van der Waals surface area (Å²) in [6.45, 7) is 5.81. The Bertz CT molecular complexity index is 1110. The van der Waals surface area contributed by atoms with Crippen molar-refractivity contribution < 1.29 is 28.5 Å². The molecule has 7 rings (SSSR count). The number of alkyl carbamates (subject to hydrolysis) is 1. The fourth-order valence-corrected chi connectivity index (χ4v) is 6.92. The van der Waals surface area contributed by atoms with Crippen molar-refractivity contribution >= 4 is 23.3 Å². The first kappa shape index (κ1) is 26.6. The molecule has 9 nitrogen and oxygen atoms in total. The molecule has 2 aromatic rings. The van der Waals surface area contributed by atoms with Crippen molar-refractivity contribution in [2.75, 3.05) is 52.5 Å². The van der Waals surface area contributed by atoms with Crippen LogP contribution < -0.4 is 10.1 Å². The van der Waals surface area contributed by atoms with Crippen LogP contribution in [0.15, 0.2) is 41.8 Å². The molecule has 2 bridgehead atoms. The fraction of sp³-hybridized carbons (Fsp3) is 0.586. The van der Waals surface area contributed by atoms with E-state index in [9.17, 15) is 9.59 Å². The molecule has 1 aromatic carbocycles. The van der Waals surface area contributed by atoms with Gasteiger partial charge in [0.25, 0.3) is 5.91 Å². The summed E-state index contributed by atoms with van der Waals surface area (Å²) in [6.07, 6.45) is 4.44. The van der Waals surface area contributed by atoms with E-state index in [1.165, 1.54) is 0 Å². The lowest BCUT2D eigenvalue weighted by Crippen LogP contribution is -2.69. The maximum atomic E-state index is 13.2. The molecule has 0 spiro atoms. The number of nitrogens with one attached hydrogen (secondary N) is 1.